The SMILES string of the molecule is Cc1cc(S(=O)(=O)Nc2ccccc2C(=O)Nc2ccc(C(N)=O)c(C)c2)ccc1F. The molecule has 2 amide bonds. The lowest BCUT2D eigenvalue weighted by molar-refractivity contribution is 0.0997. The average molecular weight is 441 g/mol. The second-order valence-corrected chi connectivity index (χ2v) is 8.59. The molecule has 0 spiro atoms. The van der Waals surface area contributed by atoms with E-state index in [2.05, 4.69) is 10.0 Å². The van der Waals surface area contributed by atoms with Gasteiger partial charge in [-0.1, -0.05) is 12.1 Å². The molecule has 3 rings (SSSR count). The van der Waals surface area contributed by atoms with Crippen LogP contribution in [0.4, 0.5) is 15.8 Å². The molecule has 0 fully saturated rings. The lowest BCUT2D eigenvalue weighted by Crippen LogP contribution is -2.19. The Morgan fingerprint density at radius 2 is 1.61 bits per heavy atom. The second kappa shape index (κ2) is 8.57. The van der Waals surface area contributed by atoms with Crippen molar-refractivity contribution in [1.82, 2.24) is 0 Å². The summed E-state index contributed by atoms with van der Waals surface area (Å²) in [7, 11) is -4.05. The highest BCUT2D eigenvalue weighted by Gasteiger charge is 2.20. The number of amides is 2. The Bertz CT molecular complexity index is 1290. The van der Waals surface area contributed by atoms with Gasteiger partial charge < -0.3 is 11.1 Å². The Hall–Kier alpha value is -3.72. The number of hydrogen-bond donors (Lipinski definition) is 3. The fourth-order valence-corrected chi connectivity index (χ4v) is 4.14. The number of aryl methyl sites for hydroxylation is 2. The van der Waals surface area contributed by atoms with Crippen LogP contribution in [-0.2, 0) is 10.0 Å². The zero-order chi connectivity index (χ0) is 22.8. The van der Waals surface area contributed by atoms with E-state index in [4.69, 9.17) is 5.73 Å². The molecule has 0 unspecified atom stereocenters. The quantitative estimate of drug-likeness (QED) is 0.542. The Labute approximate surface area is 179 Å². The van der Waals surface area contributed by atoms with Crippen molar-refractivity contribution in [3.63, 3.8) is 0 Å². The smallest absolute Gasteiger partial charge is 0.261 e. The predicted octanol–water partition coefficient (Wildman–Crippen LogP) is 3.59. The van der Waals surface area contributed by atoms with E-state index in [1.165, 1.54) is 37.3 Å². The summed E-state index contributed by atoms with van der Waals surface area (Å²) in [5, 5.41) is 2.67. The maximum atomic E-state index is 13.5. The van der Waals surface area contributed by atoms with Gasteiger partial charge in [0.2, 0.25) is 5.91 Å². The van der Waals surface area contributed by atoms with Gasteiger partial charge in [0.15, 0.2) is 0 Å². The molecule has 160 valence electrons. The average Bonchev–Trinajstić information content (AvgIpc) is 2.69. The number of nitrogens with two attached hydrogens (primary N) is 1. The molecule has 31 heavy (non-hydrogen) atoms. The number of rotatable bonds is 6. The van der Waals surface area contributed by atoms with Crippen molar-refractivity contribution >= 4 is 33.2 Å². The summed E-state index contributed by atoms with van der Waals surface area (Å²) >= 11 is 0. The topological polar surface area (TPSA) is 118 Å². The van der Waals surface area contributed by atoms with E-state index in [-0.39, 0.29) is 21.7 Å². The molecule has 3 aromatic rings. The highest BCUT2D eigenvalue weighted by atomic mass is 32.2. The van der Waals surface area contributed by atoms with Crippen molar-refractivity contribution < 1.29 is 22.4 Å². The Balaban J connectivity index is 1.87. The van der Waals surface area contributed by atoms with E-state index in [1.807, 2.05) is 0 Å². The fraction of sp³-hybridized carbons (Fsp3) is 0.0909. The molecule has 7 nitrogen and oxygen atoms in total. The third-order valence-electron chi connectivity index (χ3n) is 4.61. The molecular weight excluding hydrogens is 421 g/mol. The van der Waals surface area contributed by atoms with Crippen molar-refractivity contribution in [2.75, 3.05) is 10.0 Å². The van der Waals surface area contributed by atoms with Crippen molar-refractivity contribution in [2.24, 2.45) is 5.73 Å². The first-order chi connectivity index (χ1) is 14.6. The van der Waals surface area contributed by atoms with Crippen molar-refractivity contribution in [1.29, 1.82) is 0 Å². The molecule has 0 radical (unpaired) electrons. The highest BCUT2D eigenvalue weighted by molar-refractivity contribution is 7.92. The summed E-state index contributed by atoms with van der Waals surface area (Å²) in [5.74, 6) is -1.65. The first kappa shape index (κ1) is 22.0. The van der Waals surface area contributed by atoms with Crippen LogP contribution in [0.25, 0.3) is 0 Å². The van der Waals surface area contributed by atoms with E-state index < -0.39 is 27.7 Å². The van der Waals surface area contributed by atoms with Crippen LogP contribution in [-0.4, -0.2) is 20.2 Å². The van der Waals surface area contributed by atoms with Gasteiger partial charge in [0, 0.05) is 11.3 Å². The Kier molecular flexibility index (Phi) is 6.07. The zero-order valence-corrected chi connectivity index (χ0v) is 17.6. The summed E-state index contributed by atoms with van der Waals surface area (Å²) in [4.78, 5) is 24.0. The molecule has 0 saturated carbocycles. The number of halogens is 1. The molecule has 0 aliphatic carbocycles. The number of primary amides is 1. The molecule has 0 bridgehead atoms. The number of benzene rings is 3. The molecule has 0 atom stereocenters. The standard InChI is InChI=1S/C22H20FN3O4S/c1-13-11-15(7-9-17(13)21(24)27)25-22(28)18-5-3-4-6-20(18)26-31(29,30)16-8-10-19(23)14(2)12-16/h3-12,26H,1-2H3,(H2,24,27)(H,25,28). The van der Waals surface area contributed by atoms with Gasteiger partial charge in [-0.2, -0.15) is 0 Å². The predicted molar refractivity (Wildman–Crippen MR) is 116 cm³/mol. The summed E-state index contributed by atoms with van der Waals surface area (Å²) in [6, 6.07) is 14.1. The monoisotopic (exact) mass is 441 g/mol. The van der Waals surface area contributed by atoms with E-state index in [0.29, 0.717) is 16.8 Å². The first-order valence-electron chi connectivity index (χ1n) is 9.18. The highest BCUT2D eigenvalue weighted by Crippen LogP contribution is 2.23. The normalized spacial score (nSPS) is 11.1. The molecule has 9 heteroatoms. The number of hydrogen-bond acceptors (Lipinski definition) is 4. The molecular formula is C22H20FN3O4S. The maximum Gasteiger partial charge on any atom is 0.261 e. The lowest BCUT2D eigenvalue weighted by Gasteiger charge is -2.14. The fourth-order valence-electron chi connectivity index (χ4n) is 2.97. The summed E-state index contributed by atoms with van der Waals surface area (Å²) < 4.78 is 41.3. The van der Waals surface area contributed by atoms with Crippen molar-refractivity contribution in [2.45, 2.75) is 18.7 Å². The van der Waals surface area contributed by atoms with Crippen LogP contribution in [0.2, 0.25) is 0 Å². The molecule has 0 aliphatic rings. The van der Waals surface area contributed by atoms with Gasteiger partial charge in [0.1, 0.15) is 5.82 Å². The second-order valence-electron chi connectivity index (χ2n) is 6.91. The summed E-state index contributed by atoms with van der Waals surface area (Å²) in [6.45, 7) is 3.14. The van der Waals surface area contributed by atoms with E-state index in [1.54, 1.807) is 25.1 Å². The van der Waals surface area contributed by atoms with Gasteiger partial charge in [0.05, 0.1) is 16.1 Å². The van der Waals surface area contributed by atoms with Crippen molar-refractivity contribution in [3.8, 4) is 0 Å². The van der Waals surface area contributed by atoms with Gasteiger partial charge in [-0.05, 0) is 73.5 Å². The molecule has 4 N–H and O–H groups in total. The first-order valence-corrected chi connectivity index (χ1v) is 10.7. The molecule has 0 aliphatic heterocycles. The third kappa shape index (κ3) is 4.89. The largest absolute Gasteiger partial charge is 0.366 e. The van der Waals surface area contributed by atoms with E-state index >= 15 is 0 Å². The number of nitrogens with one attached hydrogen (secondary N) is 2. The number of para-hydroxylation sites is 1. The Morgan fingerprint density at radius 3 is 2.26 bits per heavy atom. The van der Waals surface area contributed by atoms with Gasteiger partial charge in [-0.3, -0.25) is 14.3 Å². The number of anilines is 2. The van der Waals surface area contributed by atoms with Crippen molar-refractivity contribution in [3.05, 3.63) is 88.7 Å². The third-order valence-corrected chi connectivity index (χ3v) is 5.97. The minimum atomic E-state index is -4.05. The van der Waals surface area contributed by atoms with E-state index in [9.17, 15) is 22.4 Å². The molecule has 0 saturated heterocycles. The molecule has 0 aromatic heterocycles. The van der Waals surface area contributed by atoms with Crippen LogP contribution in [0.5, 0.6) is 0 Å². The number of sulfonamides is 1. The number of carbonyl (C=O) groups is 2. The van der Waals surface area contributed by atoms with E-state index in [0.717, 1.165) is 12.1 Å². The lowest BCUT2D eigenvalue weighted by atomic mass is 10.1. The van der Waals surface area contributed by atoms with Crippen LogP contribution in [0.1, 0.15) is 31.8 Å². The van der Waals surface area contributed by atoms with Crippen LogP contribution in [0, 0.1) is 19.7 Å². The van der Waals surface area contributed by atoms with Gasteiger partial charge in [-0.25, -0.2) is 12.8 Å². The summed E-state index contributed by atoms with van der Waals surface area (Å²) in [6.07, 6.45) is 0. The van der Waals surface area contributed by atoms with Crippen LogP contribution in [0.3, 0.4) is 0 Å². The van der Waals surface area contributed by atoms with Gasteiger partial charge in [0.25, 0.3) is 15.9 Å². The zero-order valence-electron chi connectivity index (χ0n) is 16.8. The van der Waals surface area contributed by atoms with Crippen LogP contribution < -0.4 is 15.8 Å². The minimum Gasteiger partial charge on any atom is -0.366 e. The molecule has 0 heterocycles. The minimum absolute atomic E-state index is 0.0625. The van der Waals surface area contributed by atoms with Crippen LogP contribution in [0.15, 0.2) is 65.6 Å². The molecule has 3 aromatic carbocycles. The van der Waals surface area contributed by atoms with Gasteiger partial charge in [-0.15, -0.1) is 0 Å². The maximum absolute atomic E-state index is 13.5. The van der Waals surface area contributed by atoms with Crippen LogP contribution >= 0.6 is 0 Å². The summed E-state index contributed by atoms with van der Waals surface area (Å²) in [5.41, 5.74) is 6.96. The van der Waals surface area contributed by atoms with Gasteiger partial charge >= 0.3 is 0 Å². The Morgan fingerprint density at radius 1 is 0.903 bits per heavy atom. The number of carbonyl (C=O) groups excluding carboxylic acids is 2.